The summed E-state index contributed by atoms with van der Waals surface area (Å²) in [5.74, 6) is 1.49. The van der Waals surface area contributed by atoms with Crippen LogP contribution in [0.5, 0.6) is 11.5 Å². The molecule has 1 aromatic rings. The smallest absolute Gasteiger partial charge is 0.224 e. The van der Waals surface area contributed by atoms with Crippen molar-refractivity contribution in [2.24, 2.45) is 0 Å². The number of methoxy groups -OCH3 is 1. The molecule has 2 rings (SSSR count). The van der Waals surface area contributed by atoms with Crippen molar-refractivity contribution >= 4 is 5.91 Å². The van der Waals surface area contributed by atoms with E-state index in [1.807, 2.05) is 24.3 Å². The largest absolute Gasteiger partial charge is 0.496 e. The van der Waals surface area contributed by atoms with Crippen molar-refractivity contribution < 1.29 is 14.3 Å². The maximum atomic E-state index is 12.6. The van der Waals surface area contributed by atoms with Gasteiger partial charge in [-0.25, -0.2) is 0 Å². The van der Waals surface area contributed by atoms with Crippen LogP contribution in [0.2, 0.25) is 0 Å². The van der Waals surface area contributed by atoms with Crippen LogP contribution in [0.1, 0.15) is 96.5 Å². The molecule has 5 heteroatoms. The summed E-state index contributed by atoms with van der Waals surface area (Å²) in [5.41, 5.74) is 2.01. The summed E-state index contributed by atoms with van der Waals surface area (Å²) in [5, 5.41) is 3.04. The second-order valence-corrected chi connectivity index (χ2v) is 9.79. The molecule has 0 saturated carbocycles. The van der Waals surface area contributed by atoms with Gasteiger partial charge in [-0.3, -0.25) is 4.79 Å². The van der Waals surface area contributed by atoms with E-state index >= 15 is 0 Å². The maximum Gasteiger partial charge on any atom is 0.224 e. The fourth-order valence-corrected chi connectivity index (χ4v) is 4.61. The second kappa shape index (κ2) is 18.8. The molecule has 0 aromatic heterocycles. The summed E-state index contributed by atoms with van der Waals surface area (Å²) in [6, 6.07) is 5.78. The first-order chi connectivity index (χ1) is 17.7. The number of amides is 1. The van der Waals surface area contributed by atoms with E-state index in [1.54, 1.807) is 7.11 Å². The van der Waals surface area contributed by atoms with Crippen LogP contribution in [-0.4, -0.2) is 44.2 Å². The fraction of sp³-hybridized carbons (Fsp3) is 0.645. The van der Waals surface area contributed by atoms with Crippen LogP contribution >= 0.6 is 0 Å². The Morgan fingerprint density at radius 3 is 2.25 bits per heavy atom. The van der Waals surface area contributed by atoms with Gasteiger partial charge in [0.2, 0.25) is 5.91 Å². The van der Waals surface area contributed by atoms with E-state index in [-0.39, 0.29) is 12.3 Å². The topological polar surface area (TPSA) is 50.8 Å². The van der Waals surface area contributed by atoms with Crippen molar-refractivity contribution in [2.75, 3.05) is 33.4 Å². The van der Waals surface area contributed by atoms with Crippen LogP contribution in [-0.2, 0) is 11.2 Å². The molecule has 0 spiro atoms. The molecule has 1 amide bonds. The van der Waals surface area contributed by atoms with Gasteiger partial charge in [-0.1, -0.05) is 95.8 Å². The molecule has 1 heterocycles. The van der Waals surface area contributed by atoms with E-state index in [1.165, 1.54) is 70.6 Å². The van der Waals surface area contributed by atoms with Gasteiger partial charge in [-0.2, -0.15) is 0 Å². The Balaban J connectivity index is 1.60. The molecular weight excluding hydrogens is 448 g/mol. The third kappa shape index (κ3) is 12.0. The predicted molar refractivity (Wildman–Crippen MR) is 151 cm³/mol. The number of unbranched alkanes of at least 4 members (excludes halogenated alkanes) is 11. The number of hydrogen-bond acceptors (Lipinski definition) is 4. The Hall–Kier alpha value is -2.43. The zero-order valence-electron chi connectivity index (χ0n) is 23.2. The molecule has 5 nitrogen and oxygen atoms in total. The molecule has 1 aliphatic rings. The number of carbonyl (C=O) groups is 1. The van der Waals surface area contributed by atoms with Crippen LogP contribution in [0.4, 0.5) is 0 Å². The normalized spacial score (nSPS) is 13.0. The lowest BCUT2D eigenvalue weighted by atomic mass is 10.1. The summed E-state index contributed by atoms with van der Waals surface area (Å²) >= 11 is 0. The Morgan fingerprint density at radius 1 is 0.944 bits per heavy atom. The van der Waals surface area contributed by atoms with Crippen LogP contribution in [0.3, 0.4) is 0 Å². The molecule has 36 heavy (non-hydrogen) atoms. The number of nitrogens with zero attached hydrogens (tertiary/aromatic N) is 1. The van der Waals surface area contributed by atoms with E-state index in [0.717, 1.165) is 43.1 Å². The summed E-state index contributed by atoms with van der Waals surface area (Å²) in [6.45, 7) is 7.49. The van der Waals surface area contributed by atoms with Crippen LogP contribution in [0.15, 0.2) is 42.1 Å². The molecule has 1 N–H and O–H groups in total. The number of nitrogens with one attached hydrogen (secondary N) is 1. The number of likely N-dealkylation sites (N-methyl/N-ethyl adjacent to an activating group) is 1. The minimum atomic E-state index is -0.00929. The molecule has 0 radical (unpaired) electrons. The Bertz CT molecular complexity index is 803. The summed E-state index contributed by atoms with van der Waals surface area (Å²) in [7, 11) is 1.64. The van der Waals surface area contributed by atoms with Gasteiger partial charge in [-0.05, 0) is 25.5 Å². The van der Waals surface area contributed by atoms with Gasteiger partial charge in [0.1, 0.15) is 11.5 Å². The van der Waals surface area contributed by atoms with Gasteiger partial charge in [0.15, 0.2) is 0 Å². The lowest BCUT2D eigenvalue weighted by Gasteiger charge is -2.27. The van der Waals surface area contributed by atoms with Crippen molar-refractivity contribution in [1.29, 1.82) is 0 Å². The van der Waals surface area contributed by atoms with Gasteiger partial charge in [0.05, 0.1) is 26.7 Å². The molecule has 202 valence electrons. The average molecular weight is 499 g/mol. The van der Waals surface area contributed by atoms with Crippen molar-refractivity contribution in [3.63, 3.8) is 0 Å². The van der Waals surface area contributed by atoms with E-state index in [2.05, 4.69) is 36.2 Å². The minimum absolute atomic E-state index is 0.00929. The first-order valence-electron chi connectivity index (χ1n) is 14.3. The maximum absolute atomic E-state index is 12.6. The van der Waals surface area contributed by atoms with E-state index in [4.69, 9.17) is 9.47 Å². The summed E-state index contributed by atoms with van der Waals surface area (Å²) in [6.07, 6.45) is 22.6. The highest BCUT2D eigenvalue weighted by Crippen LogP contribution is 2.25. The highest BCUT2D eigenvalue weighted by Gasteiger charge is 2.13. The third-order valence-corrected chi connectivity index (χ3v) is 6.88. The zero-order valence-corrected chi connectivity index (χ0v) is 23.2. The first-order valence-corrected chi connectivity index (χ1v) is 14.3. The Morgan fingerprint density at radius 2 is 1.61 bits per heavy atom. The van der Waals surface area contributed by atoms with Gasteiger partial charge >= 0.3 is 0 Å². The van der Waals surface area contributed by atoms with E-state index in [0.29, 0.717) is 12.3 Å². The van der Waals surface area contributed by atoms with Gasteiger partial charge in [0.25, 0.3) is 0 Å². The van der Waals surface area contributed by atoms with Crippen molar-refractivity contribution in [3.8, 4) is 11.5 Å². The number of hydrogen-bond donors (Lipinski definition) is 1. The molecule has 0 atom stereocenters. The molecule has 0 fully saturated rings. The number of allylic oxidation sites excluding steroid dienone is 2. The van der Waals surface area contributed by atoms with Crippen LogP contribution < -0.4 is 14.8 Å². The highest BCUT2D eigenvalue weighted by molar-refractivity contribution is 5.79. The second-order valence-electron chi connectivity index (χ2n) is 9.79. The van der Waals surface area contributed by atoms with Crippen molar-refractivity contribution in [2.45, 2.75) is 97.3 Å². The predicted octanol–water partition coefficient (Wildman–Crippen LogP) is 7.21. The molecule has 1 aromatic carbocycles. The molecule has 0 saturated heterocycles. The van der Waals surface area contributed by atoms with Crippen molar-refractivity contribution in [3.05, 3.63) is 47.7 Å². The van der Waals surface area contributed by atoms with Crippen LogP contribution in [0.25, 0.3) is 0 Å². The number of carbonyl (C=O) groups excluding carboxylic acids is 1. The summed E-state index contributed by atoms with van der Waals surface area (Å²) in [4.78, 5) is 14.8. The zero-order chi connectivity index (χ0) is 25.8. The molecule has 0 bridgehead atoms. The molecular formula is C31H50N2O3. The van der Waals surface area contributed by atoms with Gasteiger partial charge < -0.3 is 19.7 Å². The lowest BCUT2D eigenvalue weighted by Crippen LogP contribution is -2.34. The lowest BCUT2D eigenvalue weighted by molar-refractivity contribution is -0.120. The summed E-state index contributed by atoms with van der Waals surface area (Å²) < 4.78 is 11.5. The van der Waals surface area contributed by atoms with Gasteiger partial charge in [-0.15, -0.1) is 0 Å². The van der Waals surface area contributed by atoms with Crippen molar-refractivity contribution in [1.82, 2.24) is 10.2 Å². The Kier molecular flexibility index (Phi) is 15.5. The molecule has 0 unspecified atom stereocenters. The minimum Gasteiger partial charge on any atom is -0.496 e. The Labute approximate surface area is 220 Å². The first kappa shape index (κ1) is 29.8. The van der Waals surface area contributed by atoms with Crippen LogP contribution in [0, 0.1) is 0 Å². The van der Waals surface area contributed by atoms with Gasteiger partial charge in [0, 0.05) is 30.4 Å². The fourth-order valence-electron chi connectivity index (χ4n) is 4.61. The standard InChI is InChI=1S/C31H50N2O3/c1-4-6-7-8-9-10-11-12-13-14-15-18-23-36-29-21-20-27(30(25-29)35-3)24-31(34)32-26-28-19-16-17-22-33(28)5-2/h16-17,19-21,25H,4-15,18,22-24,26H2,1-3H3,(H,32,34). The molecule has 1 aliphatic heterocycles. The SMILES string of the molecule is CCCCCCCCCCCCCCOc1ccc(CC(=O)NCC2=CC=CCN2CC)c(OC)c1. The third-order valence-electron chi connectivity index (χ3n) is 6.88. The number of rotatable bonds is 20. The number of ether oxygens (including phenoxy) is 2. The highest BCUT2D eigenvalue weighted by atomic mass is 16.5. The number of benzene rings is 1. The van der Waals surface area contributed by atoms with E-state index < -0.39 is 0 Å². The molecule has 0 aliphatic carbocycles. The average Bonchev–Trinajstić information content (AvgIpc) is 2.91. The van der Waals surface area contributed by atoms with E-state index in [9.17, 15) is 4.79 Å². The monoisotopic (exact) mass is 498 g/mol. The quantitative estimate of drug-likeness (QED) is 0.193.